The summed E-state index contributed by atoms with van der Waals surface area (Å²) in [6, 6.07) is 4.54. The van der Waals surface area contributed by atoms with Crippen molar-refractivity contribution in [3.8, 4) is 0 Å². The monoisotopic (exact) mass is 411 g/mol. The summed E-state index contributed by atoms with van der Waals surface area (Å²) < 4.78 is 50.9. The summed E-state index contributed by atoms with van der Waals surface area (Å²) >= 11 is 0. The molecular formula is C20H20F3NO5. The molecule has 1 aromatic rings. The van der Waals surface area contributed by atoms with E-state index < -0.39 is 41.3 Å². The molecule has 1 unspecified atom stereocenters. The summed E-state index contributed by atoms with van der Waals surface area (Å²) in [5.41, 5.74) is -2.19. The van der Waals surface area contributed by atoms with Crippen molar-refractivity contribution >= 4 is 18.2 Å². The molecule has 156 valence electrons. The van der Waals surface area contributed by atoms with Crippen LogP contribution in [0.2, 0.25) is 0 Å². The van der Waals surface area contributed by atoms with Crippen molar-refractivity contribution in [2.75, 3.05) is 7.11 Å². The smallest absolute Gasteiger partial charge is 0.416 e. The summed E-state index contributed by atoms with van der Waals surface area (Å²) in [5, 5.41) is 2.60. The van der Waals surface area contributed by atoms with Crippen molar-refractivity contribution in [3.63, 3.8) is 0 Å². The maximum atomic E-state index is 13.7. The number of nitrogens with one attached hydrogen (secondary N) is 1. The highest BCUT2D eigenvalue weighted by Gasteiger charge is 2.43. The molecule has 1 aromatic carbocycles. The predicted octanol–water partition coefficient (Wildman–Crippen LogP) is 3.24. The molecule has 0 saturated carbocycles. The van der Waals surface area contributed by atoms with Crippen LogP contribution in [-0.4, -0.2) is 31.4 Å². The van der Waals surface area contributed by atoms with Gasteiger partial charge in [0.05, 0.1) is 41.5 Å². The zero-order valence-electron chi connectivity index (χ0n) is 16.2. The lowest BCUT2D eigenvalue weighted by molar-refractivity contribution is -0.144. The van der Waals surface area contributed by atoms with Crippen LogP contribution in [0.1, 0.15) is 37.8 Å². The average Bonchev–Trinajstić information content (AvgIpc) is 2.64. The molecule has 0 fully saturated rings. The minimum absolute atomic E-state index is 0.104. The molecule has 0 radical (unpaired) electrons. The highest BCUT2D eigenvalue weighted by molar-refractivity contribution is 6.03. The summed E-state index contributed by atoms with van der Waals surface area (Å²) in [5.74, 6) is -3.45. The van der Waals surface area contributed by atoms with Gasteiger partial charge in [-0.2, -0.15) is 13.2 Å². The minimum Gasteiger partial charge on any atom is -0.466 e. The molecule has 1 N–H and O–H groups in total. The van der Waals surface area contributed by atoms with E-state index in [0.717, 1.165) is 19.2 Å². The molecule has 1 heterocycles. The van der Waals surface area contributed by atoms with Crippen molar-refractivity contribution in [2.45, 2.75) is 39.0 Å². The Hall–Kier alpha value is -3.10. The Bertz CT molecular complexity index is 900. The van der Waals surface area contributed by atoms with Gasteiger partial charge in [-0.3, -0.25) is 4.79 Å². The van der Waals surface area contributed by atoms with Crippen LogP contribution in [0.5, 0.6) is 0 Å². The molecule has 0 bridgehead atoms. The van der Waals surface area contributed by atoms with Gasteiger partial charge in [0, 0.05) is 5.70 Å². The first kappa shape index (κ1) is 22.2. The van der Waals surface area contributed by atoms with E-state index in [1.807, 2.05) is 0 Å². The number of aldehydes is 1. The third-order valence-electron chi connectivity index (χ3n) is 4.26. The Labute approximate surface area is 165 Å². The second-order valence-electron chi connectivity index (χ2n) is 6.57. The molecule has 0 aromatic heterocycles. The second-order valence-corrected chi connectivity index (χ2v) is 6.57. The van der Waals surface area contributed by atoms with Crippen LogP contribution in [0.15, 0.2) is 46.8 Å². The van der Waals surface area contributed by atoms with Crippen LogP contribution in [0.4, 0.5) is 13.2 Å². The van der Waals surface area contributed by atoms with E-state index in [-0.39, 0.29) is 22.5 Å². The lowest BCUT2D eigenvalue weighted by atomic mass is 9.78. The van der Waals surface area contributed by atoms with Gasteiger partial charge in [-0.1, -0.05) is 18.2 Å². The summed E-state index contributed by atoms with van der Waals surface area (Å²) in [6.45, 7) is 4.57. The van der Waals surface area contributed by atoms with E-state index in [4.69, 9.17) is 9.47 Å². The summed E-state index contributed by atoms with van der Waals surface area (Å²) in [6.07, 6.45) is -5.02. The first-order chi connectivity index (χ1) is 13.5. The average molecular weight is 411 g/mol. The lowest BCUT2D eigenvalue weighted by Gasteiger charge is -2.31. The standard InChI is InChI=1S/C20H20F3NO5/c1-10(2)29-19(27)15-11(3)24-14(9-25)17(18(26)28-4)16(15)12-7-5-6-8-13(12)20(21,22)23/h5-10,16,24H,1-4H3. The number of dihydropyridines is 1. The highest BCUT2D eigenvalue weighted by Crippen LogP contribution is 2.44. The summed E-state index contributed by atoms with van der Waals surface area (Å²) in [7, 11) is 1.03. The second kappa shape index (κ2) is 8.50. The van der Waals surface area contributed by atoms with Crippen molar-refractivity contribution in [1.82, 2.24) is 5.32 Å². The number of halogens is 3. The Morgan fingerprint density at radius 3 is 2.28 bits per heavy atom. The molecule has 9 heteroatoms. The number of methoxy groups -OCH3 is 1. The van der Waals surface area contributed by atoms with Crippen LogP contribution in [0.25, 0.3) is 0 Å². The van der Waals surface area contributed by atoms with Gasteiger partial charge in [-0.25, -0.2) is 9.59 Å². The summed E-state index contributed by atoms with van der Waals surface area (Å²) in [4.78, 5) is 36.8. The van der Waals surface area contributed by atoms with Crippen molar-refractivity contribution in [1.29, 1.82) is 0 Å². The van der Waals surface area contributed by atoms with Crippen LogP contribution < -0.4 is 5.32 Å². The highest BCUT2D eigenvalue weighted by atomic mass is 19.4. The number of alkyl halides is 3. The fraction of sp³-hybridized carbons (Fsp3) is 0.350. The Morgan fingerprint density at radius 1 is 1.14 bits per heavy atom. The van der Waals surface area contributed by atoms with Gasteiger partial charge in [0.15, 0.2) is 6.29 Å². The molecule has 1 aliphatic heterocycles. The molecular weight excluding hydrogens is 391 g/mol. The number of hydrogen-bond donors (Lipinski definition) is 1. The number of benzene rings is 1. The predicted molar refractivity (Wildman–Crippen MR) is 96.4 cm³/mol. The Kier molecular flexibility index (Phi) is 6.51. The fourth-order valence-corrected chi connectivity index (χ4v) is 3.15. The Morgan fingerprint density at radius 2 is 1.76 bits per heavy atom. The largest absolute Gasteiger partial charge is 0.466 e. The molecule has 0 aliphatic carbocycles. The number of hydrogen-bond acceptors (Lipinski definition) is 6. The third-order valence-corrected chi connectivity index (χ3v) is 4.26. The van der Waals surface area contributed by atoms with Gasteiger partial charge in [0.25, 0.3) is 0 Å². The van der Waals surface area contributed by atoms with Crippen molar-refractivity contribution in [3.05, 3.63) is 57.9 Å². The van der Waals surface area contributed by atoms with Gasteiger partial charge in [-0.15, -0.1) is 0 Å². The SMILES string of the molecule is COC(=O)C1=C(C=O)NC(C)=C(C(=O)OC(C)C)C1c1ccccc1C(F)(F)F. The number of ether oxygens (including phenoxy) is 2. The van der Waals surface area contributed by atoms with Crippen LogP contribution >= 0.6 is 0 Å². The molecule has 0 saturated heterocycles. The number of rotatable bonds is 5. The number of allylic oxidation sites excluding steroid dienone is 2. The van der Waals surface area contributed by atoms with E-state index >= 15 is 0 Å². The number of carbonyl (C=O) groups is 3. The molecule has 6 nitrogen and oxygen atoms in total. The quantitative estimate of drug-likeness (QED) is 0.592. The van der Waals surface area contributed by atoms with Gasteiger partial charge >= 0.3 is 18.1 Å². The molecule has 1 atom stereocenters. The third kappa shape index (κ3) is 4.49. The van der Waals surface area contributed by atoms with E-state index in [1.54, 1.807) is 13.8 Å². The topological polar surface area (TPSA) is 81.7 Å². The van der Waals surface area contributed by atoms with Gasteiger partial charge in [-0.05, 0) is 32.4 Å². The molecule has 0 spiro atoms. The van der Waals surface area contributed by atoms with E-state index in [2.05, 4.69) is 5.32 Å². The normalized spacial score (nSPS) is 17.2. The lowest BCUT2D eigenvalue weighted by Crippen LogP contribution is -2.35. The molecule has 0 amide bonds. The minimum atomic E-state index is -4.76. The van der Waals surface area contributed by atoms with Crippen LogP contribution in [0.3, 0.4) is 0 Å². The Balaban J connectivity index is 2.85. The maximum absolute atomic E-state index is 13.7. The molecule has 29 heavy (non-hydrogen) atoms. The zero-order valence-corrected chi connectivity index (χ0v) is 16.2. The van der Waals surface area contributed by atoms with Crippen LogP contribution in [-0.2, 0) is 30.0 Å². The van der Waals surface area contributed by atoms with Gasteiger partial charge in [0.1, 0.15) is 0 Å². The molecule has 1 aliphatic rings. The van der Waals surface area contributed by atoms with Crippen molar-refractivity contribution < 1.29 is 37.0 Å². The number of carbonyl (C=O) groups excluding carboxylic acids is 3. The van der Waals surface area contributed by atoms with E-state index in [0.29, 0.717) is 6.29 Å². The zero-order chi connectivity index (χ0) is 21.9. The van der Waals surface area contributed by atoms with Crippen molar-refractivity contribution in [2.24, 2.45) is 0 Å². The number of esters is 2. The van der Waals surface area contributed by atoms with Crippen LogP contribution in [0, 0.1) is 0 Å². The maximum Gasteiger partial charge on any atom is 0.416 e. The molecule has 2 rings (SSSR count). The first-order valence-corrected chi connectivity index (χ1v) is 8.65. The van der Waals surface area contributed by atoms with E-state index in [1.165, 1.54) is 19.1 Å². The van der Waals surface area contributed by atoms with Gasteiger partial charge in [0.2, 0.25) is 0 Å². The van der Waals surface area contributed by atoms with E-state index in [9.17, 15) is 27.6 Å². The van der Waals surface area contributed by atoms with Gasteiger partial charge < -0.3 is 14.8 Å². The first-order valence-electron chi connectivity index (χ1n) is 8.65. The fourth-order valence-electron chi connectivity index (χ4n) is 3.15.